The summed E-state index contributed by atoms with van der Waals surface area (Å²) in [5.41, 5.74) is 0.115. The molecule has 7 nitrogen and oxygen atoms in total. The van der Waals surface area contributed by atoms with E-state index in [1.807, 2.05) is 0 Å². The van der Waals surface area contributed by atoms with Gasteiger partial charge in [-0.2, -0.15) is 8.42 Å². The van der Waals surface area contributed by atoms with E-state index in [-0.39, 0.29) is 23.1 Å². The third-order valence-corrected chi connectivity index (χ3v) is 3.75. The Morgan fingerprint density at radius 1 is 1.05 bits per heavy atom. The smallest absolute Gasteiger partial charge is 0.336 e. The minimum Gasteiger partial charge on any atom is -0.478 e. The van der Waals surface area contributed by atoms with Crippen LogP contribution >= 0.6 is 0 Å². The van der Waals surface area contributed by atoms with Crippen LogP contribution in [-0.4, -0.2) is 42.3 Å². The molecule has 0 fully saturated rings. The standard InChI is InChI=1S/C14H13NO6S/c16-13(15-7-8-22(19,20)21)10-5-1-3-9-4-2-6-11(12(9)10)14(17)18/h1-6H,7-8H2,(H,15,16)(H,17,18)(H,19,20,21). The summed E-state index contributed by atoms with van der Waals surface area (Å²) in [7, 11) is -4.17. The molecule has 2 aromatic carbocycles. The van der Waals surface area contributed by atoms with Crippen molar-refractivity contribution in [3.05, 3.63) is 47.5 Å². The summed E-state index contributed by atoms with van der Waals surface area (Å²) in [4.78, 5) is 23.4. The van der Waals surface area contributed by atoms with Crippen molar-refractivity contribution in [1.29, 1.82) is 0 Å². The van der Waals surface area contributed by atoms with Gasteiger partial charge in [0.1, 0.15) is 0 Å². The molecule has 0 radical (unpaired) electrons. The number of carbonyl (C=O) groups excluding carboxylic acids is 1. The first-order valence-corrected chi connectivity index (χ1v) is 7.89. The largest absolute Gasteiger partial charge is 0.478 e. The van der Waals surface area contributed by atoms with Gasteiger partial charge < -0.3 is 10.4 Å². The third kappa shape index (κ3) is 3.60. The van der Waals surface area contributed by atoms with Crippen LogP contribution in [-0.2, 0) is 10.1 Å². The second-order valence-electron chi connectivity index (χ2n) is 4.56. The molecule has 0 aliphatic rings. The van der Waals surface area contributed by atoms with Gasteiger partial charge in [-0.3, -0.25) is 9.35 Å². The number of nitrogens with one attached hydrogen (secondary N) is 1. The molecular weight excluding hydrogens is 310 g/mol. The average molecular weight is 323 g/mol. The lowest BCUT2D eigenvalue weighted by atomic mass is 9.99. The number of hydrogen-bond acceptors (Lipinski definition) is 4. The molecule has 116 valence electrons. The minimum atomic E-state index is -4.17. The van der Waals surface area contributed by atoms with E-state index in [4.69, 9.17) is 4.55 Å². The molecule has 0 aromatic heterocycles. The molecule has 2 aromatic rings. The molecule has 0 aliphatic heterocycles. The predicted molar refractivity (Wildman–Crippen MR) is 79.7 cm³/mol. The van der Waals surface area contributed by atoms with Crippen LogP contribution in [0.15, 0.2) is 36.4 Å². The molecular formula is C14H13NO6S. The highest BCUT2D eigenvalue weighted by atomic mass is 32.2. The lowest BCUT2D eigenvalue weighted by Crippen LogP contribution is -2.29. The minimum absolute atomic E-state index is 0.0157. The zero-order valence-corrected chi connectivity index (χ0v) is 12.1. The Balaban J connectivity index is 2.38. The Kier molecular flexibility index (Phi) is 4.43. The highest BCUT2D eigenvalue weighted by Crippen LogP contribution is 2.23. The van der Waals surface area contributed by atoms with Crippen LogP contribution in [0.25, 0.3) is 10.8 Å². The Labute approximate surface area is 126 Å². The summed E-state index contributed by atoms with van der Waals surface area (Å²) in [5.74, 6) is -2.39. The fourth-order valence-corrected chi connectivity index (χ4v) is 2.46. The van der Waals surface area contributed by atoms with Crippen molar-refractivity contribution in [3.63, 3.8) is 0 Å². The van der Waals surface area contributed by atoms with Crippen molar-refractivity contribution >= 4 is 32.8 Å². The van der Waals surface area contributed by atoms with Gasteiger partial charge in [0.15, 0.2) is 0 Å². The summed E-state index contributed by atoms with van der Waals surface area (Å²) < 4.78 is 29.9. The Hall–Kier alpha value is -2.45. The molecule has 0 saturated carbocycles. The number of amides is 1. The van der Waals surface area contributed by atoms with Crippen molar-refractivity contribution in [2.75, 3.05) is 12.3 Å². The van der Waals surface area contributed by atoms with Crippen molar-refractivity contribution in [3.8, 4) is 0 Å². The van der Waals surface area contributed by atoms with Crippen molar-refractivity contribution in [2.45, 2.75) is 0 Å². The number of carboxylic acids is 1. The maximum Gasteiger partial charge on any atom is 0.336 e. The number of carbonyl (C=O) groups is 2. The van der Waals surface area contributed by atoms with Gasteiger partial charge in [0, 0.05) is 17.5 Å². The number of rotatable bonds is 5. The maximum atomic E-state index is 12.1. The number of carboxylic acid groups (broad SMARTS) is 1. The van der Waals surface area contributed by atoms with Gasteiger partial charge in [0.05, 0.1) is 11.3 Å². The quantitative estimate of drug-likeness (QED) is 0.710. The zero-order valence-electron chi connectivity index (χ0n) is 11.3. The van der Waals surface area contributed by atoms with E-state index in [2.05, 4.69) is 5.32 Å². The van der Waals surface area contributed by atoms with E-state index in [1.165, 1.54) is 12.1 Å². The molecule has 22 heavy (non-hydrogen) atoms. The first kappa shape index (κ1) is 15.9. The summed E-state index contributed by atoms with van der Waals surface area (Å²) >= 11 is 0. The molecule has 8 heteroatoms. The average Bonchev–Trinajstić information content (AvgIpc) is 2.44. The second-order valence-corrected chi connectivity index (χ2v) is 6.13. The molecule has 0 unspecified atom stereocenters. The van der Waals surface area contributed by atoms with E-state index in [0.717, 1.165) is 0 Å². The number of benzene rings is 2. The SMILES string of the molecule is O=C(O)c1cccc2cccc(C(=O)NCCS(=O)(=O)O)c12. The molecule has 1 amide bonds. The number of fused-ring (bicyclic) bond motifs is 1. The van der Waals surface area contributed by atoms with Crippen molar-refractivity contribution in [2.24, 2.45) is 0 Å². The number of hydrogen-bond donors (Lipinski definition) is 3. The van der Waals surface area contributed by atoms with Crippen LogP contribution in [0, 0.1) is 0 Å². The summed E-state index contributed by atoms with van der Waals surface area (Å²) in [5, 5.41) is 12.4. The lowest BCUT2D eigenvalue weighted by Gasteiger charge is -2.09. The first-order chi connectivity index (χ1) is 10.3. The fourth-order valence-electron chi connectivity index (χ4n) is 2.10. The van der Waals surface area contributed by atoms with E-state index in [9.17, 15) is 23.1 Å². The van der Waals surface area contributed by atoms with Gasteiger partial charge in [-0.25, -0.2) is 4.79 Å². The topological polar surface area (TPSA) is 121 Å². The number of aromatic carboxylic acids is 1. The van der Waals surface area contributed by atoms with Crippen molar-refractivity contribution < 1.29 is 27.7 Å². The van der Waals surface area contributed by atoms with E-state index < -0.39 is 27.7 Å². The first-order valence-electron chi connectivity index (χ1n) is 6.28. The molecule has 0 bridgehead atoms. The third-order valence-electron chi connectivity index (χ3n) is 3.03. The van der Waals surface area contributed by atoms with Crippen LogP contribution in [0.2, 0.25) is 0 Å². The molecule has 3 N–H and O–H groups in total. The second kappa shape index (κ2) is 6.12. The van der Waals surface area contributed by atoms with Gasteiger partial charge in [-0.05, 0) is 17.5 Å². The van der Waals surface area contributed by atoms with E-state index in [1.54, 1.807) is 24.3 Å². The van der Waals surface area contributed by atoms with Crippen LogP contribution in [0.3, 0.4) is 0 Å². The molecule has 0 atom stereocenters. The summed E-state index contributed by atoms with van der Waals surface area (Å²) in [6, 6.07) is 9.38. The highest BCUT2D eigenvalue weighted by molar-refractivity contribution is 7.85. The van der Waals surface area contributed by atoms with Gasteiger partial charge in [-0.15, -0.1) is 0 Å². The van der Waals surface area contributed by atoms with Gasteiger partial charge in [0.2, 0.25) is 0 Å². The van der Waals surface area contributed by atoms with E-state index >= 15 is 0 Å². The van der Waals surface area contributed by atoms with Gasteiger partial charge in [0.25, 0.3) is 16.0 Å². The van der Waals surface area contributed by atoms with E-state index in [0.29, 0.717) is 5.39 Å². The normalized spacial score (nSPS) is 11.3. The Morgan fingerprint density at radius 3 is 2.18 bits per heavy atom. The summed E-state index contributed by atoms with van der Waals surface area (Å²) in [6.45, 7) is -0.275. The molecule has 0 aliphatic carbocycles. The molecule has 0 heterocycles. The van der Waals surface area contributed by atoms with Crippen LogP contribution in [0.4, 0.5) is 0 Å². The molecule has 2 rings (SSSR count). The maximum absolute atomic E-state index is 12.1. The van der Waals surface area contributed by atoms with Crippen LogP contribution in [0.5, 0.6) is 0 Å². The molecule has 0 saturated heterocycles. The predicted octanol–water partition coefficient (Wildman–Crippen LogP) is 1.16. The highest BCUT2D eigenvalue weighted by Gasteiger charge is 2.16. The summed E-state index contributed by atoms with van der Waals surface area (Å²) in [6.07, 6.45) is 0. The molecule has 0 spiro atoms. The van der Waals surface area contributed by atoms with Gasteiger partial charge in [-0.1, -0.05) is 24.3 Å². The monoisotopic (exact) mass is 323 g/mol. The van der Waals surface area contributed by atoms with Gasteiger partial charge >= 0.3 is 5.97 Å². The fraction of sp³-hybridized carbons (Fsp3) is 0.143. The Morgan fingerprint density at radius 2 is 1.64 bits per heavy atom. The lowest BCUT2D eigenvalue weighted by molar-refractivity contribution is 0.0699. The zero-order chi connectivity index (χ0) is 16.3. The van der Waals surface area contributed by atoms with Crippen molar-refractivity contribution in [1.82, 2.24) is 5.32 Å². The Bertz CT molecular complexity index is 838. The van der Waals surface area contributed by atoms with Crippen LogP contribution in [0.1, 0.15) is 20.7 Å². The van der Waals surface area contributed by atoms with Crippen LogP contribution < -0.4 is 5.32 Å².